The number of carbonyl (C=O) groups is 2. The molecule has 0 aliphatic carbocycles. The maximum absolute atomic E-state index is 12.2. The molecule has 0 saturated carbocycles. The lowest BCUT2D eigenvalue weighted by Gasteiger charge is -2.14. The van der Waals surface area contributed by atoms with Crippen molar-refractivity contribution in [1.29, 1.82) is 0 Å². The lowest BCUT2D eigenvalue weighted by Crippen LogP contribution is -2.31. The largest absolute Gasteiger partial charge is 0.448 e. The van der Waals surface area contributed by atoms with Gasteiger partial charge in [0.25, 0.3) is 11.5 Å². The highest BCUT2D eigenvalue weighted by atomic mass is 16.5. The van der Waals surface area contributed by atoms with Gasteiger partial charge in [-0.3, -0.25) is 9.59 Å². The van der Waals surface area contributed by atoms with E-state index in [1.165, 1.54) is 23.7 Å². The summed E-state index contributed by atoms with van der Waals surface area (Å²) in [5.41, 5.74) is 1.26. The number of nitrogens with one attached hydrogen (secondary N) is 1. The molecule has 1 aromatic carbocycles. The summed E-state index contributed by atoms with van der Waals surface area (Å²) in [5.74, 6) is -1.19. The van der Waals surface area contributed by atoms with Crippen molar-refractivity contribution in [2.24, 2.45) is 0 Å². The Morgan fingerprint density at radius 3 is 2.64 bits per heavy atom. The number of carbonyl (C=O) groups excluding carboxylic acids is 2. The summed E-state index contributed by atoms with van der Waals surface area (Å²) in [6, 6.07) is 9.86. The number of nitrogens with zero attached hydrogens (tertiary/aromatic N) is 2. The first-order valence-electron chi connectivity index (χ1n) is 8.08. The van der Waals surface area contributed by atoms with E-state index < -0.39 is 18.0 Å². The third-order valence-corrected chi connectivity index (χ3v) is 3.57. The van der Waals surface area contributed by atoms with Gasteiger partial charge in [-0.15, -0.1) is 0 Å². The highest BCUT2D eigenvalue weighted by molar-refractivity contribution is 5.97. The fourth-order valence-electron chi connectivity index (χ4n) is 2.15. The smallest absolute Gasteiger partial charge is 0.359 e. The fraction of sp³-hybridized carbons (Fsp3) is 0.333. The van der Waals surface area contributed by atoms with E-state index in [1.807, 2.05) is 26.0 Å². The number of benzene rings is 1. The Morgan fingerprint density at radius 1 is 1.24 bits per heavy atom. The quantitative estimate of drug-likeness (QED) is 0.812. The zero-order valence-electron chi connectivity index (χ0n) is 14.5. The van der Waals surface area contributed by atoms with Crippen molar-refractivity contribution in [3.8, 4) is 0 Å². The first-order valence-corrected chi connectivity index (χ1v) is 8.08. The molecule has 1 heterocycles. The van der Waals surface area contributed by atoms with Crippen LogP contribution in [-0.2, 0) is 16.1 Å². The van der Waals surface area contributed by atoms with Gasteiger partial charge in [-0.05, 0) is 38.0 Å². The second-order valence-electron chi connectivity index (χ2n) is 5.63. The van der Waals surface area contributed by atoms with Crippen LogP contribution in [0.1, 0.15) is 36.3 Å². The van der Waals surface area contributed by atoms with E-state index in [4.69, 9.17) is 4.74 Å². The molecule has 1 aromatic heterocycles. The molecule has 0 spiro atoms. The topological polar surface area (TPSA) is 90.3 Å². The van der Waals surface area contributed by atoms with Crippen molar-refractivity contribution in [2.75, 3.05) is 5.32 Å². The molecule has 1 unspecified atom stereocenters. The minimum absolute atomic E-state index is 0.0106. The van der Waals surface area contributed by atoms with Crippen molar-refractivity contribution >= 4 is 17.6 Å². The first kappa shape index (κ1) is 18.4. The molecule has 7 nitrogen and oxygen atoms in total. The van der Waals surface area contributed by atoms with Crippen LogP contribution < -0.4 is 10.9 Å². The van der Waals surface area contributed by atoms with Crippen molar-refractivity contribution in [1.82, 2.24) is 9.78 Å². The Kier molecular flexibility index (Phi) is 6.05. The molecule has 1 amide bonds. The second-order valence-corrected chi connectivity index (χ2v) is 5.63. The molecule has 1 N–H and O–H groups in total. The van der Waals surface area contributed by atoms with Crippen LogP contribution in [-0.4, -0.2) is 27.8 Å². The van der Waals surface area contributed by atoms with Gasteiger partial charge >= 0.3 is 5.97 Å². The van der Waals surface area contributed by atoms with Crippen LogP contribution in [0.25, 0.3) is 0 Å². The van der Waals surface area contributed by atoms with E-state index in [0.717, 1.165) is 5.56 Å². The van der Waals surface area contributed by atoms with Crippen LogP contribution >= 0.6 is 0 Å². The van der Waals surface area contributed by atoms with E-state index in [9.17, 15) is 14.4 Å². The van der Waals surface area contributed by atoms with Gasteiger partial charge < -0.3 is 10.1 Å². The Balaban J connectivity index is 2.04. The average Bonchev–Trinajstić information content (AvgIpc) is 2.58. The van der Waals surface area contributed by atoms with Gasteiger partial charge in [-0.25, -0.2) is 9.48 Å². The molecule has 7 heteroatoms. The molecule has 0 saturated heterocycles. The van der Waals surface area contributed by atoms with Crippen molar-refractivity contribution in [2.45, 2.75) is 39.8 Å². The summed E-state index contributed by atoms with van der Waals surface area (Å²) < 4.78 is 6.36. The number of para-hydroxylation sites is 1. The molecule has 2 aromatic rings. The van der Waals surface area contributed by atoms with E-state index in [-0.39, 0.29) is 11.3 Å². The Bertz CT molecular complexity index is 829. The van der Waals surface area contributed by atoms with Crippen LogP contribution in [0.2, 0.25) is 0 Å². The number of aryl methyl sites for hydroxylation is 2. The number of hydrogen-bond acceptors (Lipinski definition) is 5. The molecule has 0 aliphatic rings. The molecule has 1 atom stereocenters. The van der Waals surface area contributed by atoms with Crippen LogP contribution in [0.5, 0.6) is 0 Å². The van der Waals surface area contributed by atoms with Gasteiger partial charge in [0.05, 0.1) is 0 Å². The third-order valence-electron chi connectivity index (χ3n) is 3.57. The maximum atomic E-state index is 12.2. The standard InChI is InChI=1S/C18H21N3O4/c1-4-11-21-16(22)10-9-15(20-21)18(24)25-13(3)17(23)19-14-8-6-5-7-12(14)2/h5-10,13H,4,11H2,1-3H3,(H,19,23). The number of anilines is 1. The summed E-state index contributed by atoms with van der Waals surface area (Å²) in [5, 5.41) is 6.69. The van der Waals surface area contributed by atoms with Gasteiger partial charge in [0.1, 0.15) is 0 Å². The van der Waals surface area contributed by atoms with Crippen LogP contribution in [0.3, 0.4) is 0 Å². The first-order chi connectivity index (χ1) is 11.9. The normalized spacial score (nSPS) is 11.6. The zero-order valence-corrected chi connectivity index (χ0v) is 14.5. The molecule has 25 heavy (non-hydrogen) atoms. The average molecular weight is 343 g/mol. The molecule has 0 radical (unpaired) electrons. The summed E-state index contributed by atoms with van der Waals surface area (Å²) in [6.45, 7) is 5.65. The number of esters is 1. The Hall–Kier alpha value is -2.96. The monoisotopic (exact) mass is 343 g/mol. The molecule has 0 aliphatic heterocycles. The Morgan fingerprint density at radius 2 is 1.96 bits per heavy atom. The lowest BCUT2D eigenvalue weighted by atomic mass is 10.2. The third kappa shape index (κ3) is 4.76. The maximum Gasteiger partial charge on any atom is 0.359 e. The van der Waals surface area contributed by atoms with Gasteiger partial charge in [0, 0.05) is 18.3 Å². The van der Waals surface area contributed by atoms with E-state index >= 15 is 0 Å². The van der Waals surface area contributed by atoms with Gasteiger partial charge in [0.15, 0.2) is 11.8 Å². The predicted molar refractivity (Wildman–Crippen MR) is 93.5 cm³/mol. The highest BCUT2D eigenvalue weighted by Gasteiger charge is 2.21. The van der Waals surface area contributed by atoms with Crippen molar-refractivity contribution < 1.29 is 14.3 Å². The Labute approximate surface area is 145 Å². The predicted octanol–water partition coefficient (Wildman–Crippen LogP) is 2.15. The van der Waals surface area contributed by atoms with E-state index in [2.05, 4.69) is 10.4 Å². The minimum Gasteiger partial charge on any atom is -0.448 e. The highest BCUT2D eigenvalue weighted by Crippen LogP contribution is 2.14. The molecule has 0 bridgehead atoms. The fourth-order valence-corrected chi connectivity index (χ4v) is 2.15. The summed E-state index contributed by atoms with van der Waals surface area (Å²) in [4.78, 5) is 36.0. The number of rotatable bonds is 6. The van der Waals surface area contributed by atoms with Crippen molar-refractivity contribution in [3.05, 3.63) is 58.0 Å². The van der Waals surface area contributed by atoms with Gasteiger partial charge in [0.2, 0.25) is 0 Å². The zero-order chi connectivity index (χ0) is 18.4. The number of aromatic nitrogens is 2. The number of ether oxygens (including phenoxy) is 1. The number of hydrogen-bond donors (Lipinski definition) is 1. The van der Waals surface area contributed by atoms with Crippen molar-refractivity contribution in [3.63, 3.8) is 0 Å². The van der Waals surface area contributed by atoms with Crippen LogP contribution in [0, 0.1) is 6.92 Å². The van der Waals surface area contributed by atoms with E-state index in [0.29, 0.717) is 18.7 Å². The molecule has 2 rings (SSSR count). The van der Waals surface area contributed by atoms with Gasteiger partial charge in [-0.1, -0.05) is 25.1 Å². The second kappa shape index (κ2) is 8.23. The van der Waals surface area contributed by atoms with E-state index in [1.54, 1.807) is 12.1 Å². The number of amides is 1. The van der Waals surface area contributed by atoms with Crippen LogP contribution in [0.4, 0.5) is 5.69 Å². The molecular formula is C18H21N3O4. The van der Waals surface area contributed by atoms with Gasteiger partial charge in [-0.2, -0.15) is 5.10 Å². The minimum atomic E-state index is -1.000. The summed E-state index contributed by atoms with van der Waals surface area (Å²) in [6.07, 6.45) is -0.291. The molecular weight excluding hydrogens is 322 g/mol. The summed E-state index contributed by atoms with van der Waals surface area (Å²) >= 11 is 0. The molecule has 0 fully saturated rings. The lowest BCUT2D eigenvalue weighted by molar-refractivity contribution is -0.123. The van der Waals surface area contributed by atoms with Crippen LogP contribution in [0.15, 0.2) is 41.2 Å². The molecule has 132 valence electrons. The summed E-state index contributed by atoms with van der Waals surface area (Å²) in [7, 11) is 0. The SMILES string of the molecule is CCCn1nc(C(=O)OC(C)C(=O)Nc2ccccc2C)ccc1=O.